The summed E-state index contributed by atoms with van der Waals surface area (Å²) < 4.78 is 82.3. The number of nitrogens with zero attached hydrogens (tertiary/aromatic N) is 1. The molecule has 9 nitrogen and oxygen atoms in total. The average Bonchev–Trinajstić information content (AvgIpc) is 3.23. The highest BCUT2D eigenvalue weighted by atomic mass is 35.5. The van der Waals surface area contributed by atoms with E-state index in [1.807, 2.05) is 4.72 Å². The van der Waals surface area contributed by atoms with E-state index in [4.69, 9.17) is 11.6 Å². The second-order valence-corrected chi connectivity index (χ2v) is 13.4. The summed E-state index contributed by atoms with van der Waals surface area (Å²) in [5, 5.41) is 0.515. The quantitative estimate of drug-likeness (QED) is 0.272. The molecule has 2 N–H and O–H groups in total. The Morgan fingerprint density at radius 1 is 0.952 bits per heavy atom. The maximum atomic E-state index is 14.8. The highest BCUT2D eigenvalue weighted by Gasteiger charge is 2.29. The fraction of sp³-hybridized carbons (Fsp3) is 0.0714. The van der Waals surface area contributed by atoms with Crippen molar-refractivity contribution in [1.29, 1.82) is 0 Å². The highest BCUT2D eigenvalue weighted by molar-refractivity contribution is 7.91. The summed E-state index contributed by atoms with van der Waals surface area (Å²) in [4.78, 5) is 28.5. The molecule has 5 aromatic rings. The van der Waals surface area contributed by atoms with Crippen LogP contribution in [0.4, 0.5) is 8.78 Å². The van der Waals surface area contributed by atoms with Gasteiger partial charge in [0.2, 0.25) is 0 Å². The van der Waals surface area contributed by atoms with E-state index in [2.05, 4.69) is 4.98 Å². The van der Waals surface area contributed by atoms with Gasteiger partial charge in [-0.2, -0.15) is 0 Å². The normalized spacial score (nSPS) is 12.0. The summed E-state index contributed by atoms with van der Waals surface area (Å²) in [7, 11) is -8.44. The van der Waals surface area contributed by atoms with Crippen molar-refractivity contribution in [3.63, 3.8) is 0 Å². The van der Waals surface area contributed by atoms with Gasteiger partial charge < -0.3 is 9.55 Å². The van der Waals surface area contributed by atoms with Crippen molar-refractivity contribution in [2.45, 2.75) is 16.3 Å². The summed E-state index contributed by atoms with van der Waals surface area (Å²) in [5.74, 6) is -2.94. The molecule has 1 amide bonds. The summed E-state index contributed by atoms with van der Waals surface area (Å²) in [6.45, 7) is -0.360. The molecule has 0 aliphatic heterocycles. The van der Waals surface area contributed by atoms with Crippen molar-refractivity contribution in [2.75, 3.05) is 6.26 Å². The number of carbonyl (C=O) groups excluding carboxylic acids is 1. The molecule has 0 unspecified atom stereocenters. The number of aromatic nitrogens is 2. The lowest BCUT2D eigenvalue weighted by Gasteiger charge is -2.14. The number of sulfone groups is 1. The van der Waals surface area contributed by atoms with E-state index in [0.717, 1.165) is 24.5 Å². The highest BCUT2D eigenvalue weighted by Crippen LogP contribution is 2.36. The van der Waals surface area contributed by atoms with Crippen LogP contribution in [0.1, 0.15) is 16.1 Å². The van der Waals surface area contributed by atoms with E-state index in [0.29, 0.717) is 11.6 Å². The molecule has 216 valence electrons. The second kappa shape index (κ2) is 10.8. The Morgan fingerprint density at radius 3 is 2.38 bits per heavy atom. The summed E-state index contributed by atoms with van der Waals surface area (Å²) >= 11 is 6.26. The van der Waals surface area contributed by atoms with Crippen LogP contribution in [0.15, 0.2) is 93.6 Å². The van der Waals surface area contributed by atoms with Gasteiger partial charge in [-0.05, 0) is 54.6 Å². The predicted molar refractivity (Wildman–Crippen MR) is 153 cm³/mol. The largest absolute Gasteiger partial charge is 0.331 e. The fourth-order valence-corrected chi connectivity index (χ4v) is 6.45. The van der Waals surface area contributed by atoms with Crippen LogP contribution in [0.3, 0.4) is 0 Å². The third-order valence-electron chi connectivity index (χ3n) is 6.44. The lowest BCUT2D eigenvalue weighted by Crippen LogP contribution is -2.33. The number of aromatic amines is 1. The Balaban J connectivity index is 1.75. The number of sulfonamides is 1. The van der Waals surface area contributed by atoms with E-state index in [1.165, 1.54) is 59.3 Å². The van der Waals surface area contributed by atoms with Crippen LogP contribution in [-0.2, 0) is 26.4 Å². The van der Waals surface area contributed by atoms with Crippen LogP contribution in [0.25, 0.3) is 22.0 Å². The van der Waals surface area contributed by atoms with E-state index in [9.17, 15) is 35.2 Å². The summed E-state index contributed by atoms with van der Waals surface area (Å²) in [5.41, 5.74) is -0.686. The minimum absolute atomic E-state index is 0.00876. The Labute approximate surface area is 243 Å². The van der Waals surface area contributed by atoms with Crippen LogP contribution in [0.5, 0.6) is 0 Å². The van der Waals surface area contributed by atoms with Crippen molar-refractivity contribution in [3.05, 3.63) is 117 Å². The Hall–Kier alpha value is -4.33. The predicted octanol–water partition coefficient (Wildman–Crippen LogP) is 4.50. The molecule has 0 spiro atoms. The molecule has 0 radical (unpaired) electrons. The molecular weight excluding hydrogens is 612 g/mol. The van der Waals surface area contributed by atoms with Gasteiger partial charge in [0.1, 0.15) is 17.3 Å². The van der Waals surface area contributed by atoms with Crippen molar-refractivity contribution in [2.24, 2.45) is 0 Å². The first-order chi connectivity index (χ1) is 19.8. The number of pyridine rings is 1. The molecule has 42 heavy (non-hydrogen) atoms. The number of halogens is 3. The maximum Gasteiger partial charge on any atom is 0.282 e. The molecule has 5 rings (SSSR count). The first-order valence-electron chi connectivity index (χ1n) is 12.1. The topological polar surface area (TPSA) is 135 Å². The minimum atomic E-state index is -4.66. The number of benzene rings is 3. The SMILES string of the molecule is CS(=O)(=O)c1cccc(S(=O)(=O)NC(=O)c2c(-c3ccc[nH]c3=O)c3cc(Cl)ccc3n2Cc2ccc(F)cc2F)c1. The fourth-order valence-electron chi connectivity index (χ4n) is 4.54. The molecule has 3 aromatic carbocycles. The van der Waals surface area contributed by atoms with Gasteiger partial charge in [-0.1, -0.05) is 23.7 Å². The zero-order valence-electron chi connectivity index (χ0n) is 21.6. The van der Waals surface area contributed by atoms with Gasteiger partial charge in [0, 0.05) is 51.1 Å². The van der Waals surface area contributed by atoms with E-state index in [1.54, 1.807) is 0 Å². The van der Waals surface area contributed by atoms with Gasteiger partial charge in [0.25, 0.3) is 21.5 Å². The van der Waals surface area contributed by atoms with Gasteiger partial charge in [0.05, 0.1) is 16.3 Å². The number of hydrogen-bond acceptors (Lipinski definition) is 6. The molecule has 2 aromatic heterocycles. The van der Waals surface area contributed by atoms with Crippen molar-refractivity contribution in [3.8, 4) is 11.1 Å². The number of hydrogen-bond donors (Lipinski definition) is 2. The zero-order chi connectivity index (χ0) is 30.4. The van der Waals surface area contributed by atoms with Gasteiger partial charge in [-0.3, -0.25) is 9.59 Å². The lowest BCUT2D eigenvalue weighted by atomic mass is 10.0. The zero-order valence-corrected chi connectivity index (χ0v) is 23.9. The Morgan fingerprint density at radius 2 is 1.69 bits per heavy atom. The number of nitrogens with one attached hydrogen (secondary N) is 2. The van der Waals surface area contributed by atoms with Crippen LogP contribution < -0.4 is 10.3 Å². The van der Waals surface area contributed by atoms with Gasteiger partial charge in [-0.15, -0.1) is 0 Å². The number of amides is 1. The standard InChI is InChI=1S/C28H20ClF2N3O6S2/c1-41(37,38)19-4-2-5-20(14-19)42(39,40)33-28(36)26-25(21-6-3-11-32-27(21)35)22-12-17(29)8-10-24(22)34(26)15-16-7-9-18(30)13-23(16)31/h2-14H,15H2,1H3,(H,32,35)(H,33,36). The molecule has 0 fully saturated rings. The molecule has 0 bridgehead atoms. The minimum Gasteiger partial charge on any atom is -0.331 e. The Bertz CT molecular complexity index is 2180. The average molecular weight is 632 g/mol. The molecule has 14 heteroatoms. The second-order valence-electron chi connectivity index (χ2n) is 9.30. The van der Waals surface area contributed by atoms with Crippen LogP contribution in [0, 0.1) is 11.6 Å². The first kappa shape index (κ1) is 29.2. The van der Waals surface area contributed by atoms with Gasteiger partial charge in [0.15, 0.2) is 9.84 Å². The van der Waals surface area contributed by atoms with Gasteiger partial charge >= 0.3 is 0 Å². The smallest absolute Gasteiger partial charge is 0.282 e. The molecule has 0 atom stereocenters. The van der Waals surface area contributed by atoms with E-state index < -0.39 is 47.9 Å². The molecule has 0 saturated heterocycles. The van der Waals surface area contributed by atoms with Gasteiger partial charge in [-0.25, -0.2) is 30.3 Å². The Kier molecular flexibility index (Phi) is 7.51. The molecule has 0 aliphatic carbocycles. The lowest BCUT2D eigenvalue weighted by molar-refractivity contribution is 0.0974. The molecule has 2 heterocycles. The van der Waals surface area contributed by atoms with Crippen molar-refractivity contribution < 1.29 is 30.4 Å². The van der Waals surface area contributed by atoms with E-state index in [-0.39, 0.29) is 44.2 Å². The van der Waals surface area contributed by atoms with Crippen molar-refractivity contribution in [1.82, 2.24) is 14.3 Å². The number of carbonyl (C=O) groups is 1. The number of H-pyrrole nitrogens is 1. The summed E-state index contributed by atoms with van der Waals surface area (Å²) in [6, 6.07) is 14.7. The van der Waals surface area contributed by atoms with Crippen LogP contribution in [-0.4, -0.2) is 38.5 Å². The van der Waals surface area contributed by atoms with Crippen LogP contribution >= 0.6 is 11.6 Å². The molecule has 0 saturated carbocycles. The monoisotopic (exact) mass is 631 g/mol. The van der Waals surface area contributed by atoms with Crippen molar-refractivity contribution >= 4 is 48.3 Å². The van der Waals surface area contributed by atoms with Crippen LogP contribution in [0.2, 0.25) is 5.02 Å². The third kappa shape index (κ3) is 5.58. The molecule has 0 aliphatic rings. The maximum absolute atomic E-state index is 14.8. The summed E-state index contributed by atoms with van der Waals surface area (Å²) in [6.07, 6.45) is 2.27. The number of fused-ring (bicyclic) bond motifs is 1. The third-order valence-corrected chi connectivity index (χ3v) is 9.12. The van der Waals surface area contributed by atoms with E-state index >= 15 is 0 Å². The number of rotatable bonds is 7. The first-order valence-corrected chi connectivity index (χ1v) is 15.8. The molecular formula is C28H20ClF2N3O6S2.